The van der Waals surface area contributed by atoms with E-state index in [1.54, 1.807) is 6.07 Å². The Morgan fingerprint density at radius 1 is 1.00 bits per heavy atom. The molecule has 1 N–H and O–H groups in total. The van der Waals surface area contributed by atoms with Gasteiger partial charge in [0.05, 0.1) is 26.9 Å². The molecule has 0 saturated heterocycles. The molecule has 0 bridgehead atoms. The summed E-state index contributed by atoms with van der Waals surface area (Å²) < 4.78 is 22.3. The number of carbonyl (C=O) groups excluding carboxylic acids is 3. The number of ether oxygens (including phenoxy) is 3. The van der Waals surface area contributed by atoms with E-state index in [9.17, 15) is 14.4 Å². The van der Waals surface area contributed by atoms with Gasteiger partial charge in [0.1, 0.15) is 0 Å². The monoisotopic (exact) mass is 470 g/mol. The number of aliphatic hydroxyl groups excluding tert-OH is 1. The van der Waals surface area contributed by atoms with Crippen LogP contribution in [0.15, 0.2) is 29.0 Å². The van der Waals surface area contributed by atoms with Crippen LogP contribution in [0.2, 0.25) is 0 Å². The maximum absolute atomic E-state index is 11.1. The fourth-order valence-corrected chi connectivity index (χ4v) is 1.89. The molecule has 0 aromatic carbocycles. The average Bonchev–Trinajstić information content (AvgIpc) is 2.81. The summed E-state index contributed by atoms with van der Waals surface area (Å²) in [7, 11) is 5.17. The molecule has 2 aromatic heterocycles. The minimum absolute atomic E-state index is 0.128. The van der Waals surface area contributed by atoms with E-state index in [4.69, 9.17) is 19.2 Å². The summed E-state index contributed by atoms with van der Waals surface area (Å²) in [6.07, 6.45) is 4.07. The summed E-state index contributed by atoms with van der Waals surface area (Å²) in [6, 6.07) is 2.94. The number of hydrogen-bond donors (Lipinski definition) is 1. The van der Waals surface area contributed by atoms with Crippen LogP contribution in [0, 0.1) is 6.65 Å². The van der Waals surface area contributed by atoms with Gasteiger partial charge < -0.3 is 19.3 Å². The summed E-state index contributed by atoms with van der Waals surface area (Å²) in [5.74, 6) is 0.123. The molecule has 0 atom stereocenters. The van der Waals surface area contributed by atoms with Crippen LogP contribution in [0.3, 0.4) is 0 Å². The Balaban J connectivity index is 0. The molecule has 156 valence electrons. The fourth-order valence-electron chi connectivity index (χ4n) is 1.58. The second-order valence-corrected chi connectivity index (χ2v) is 5.14. The standard InChI is InChI=1S/C9H9NO4.C7H6BrNO2.CH4O.CO/c1-13-8-3-6(5-11)7(4-10-8)9(12)14-2;1-11-7-2-5(4-10)6(8)3-9-7;2*1-2/h3-5H,1-2H3;2-4H,1H3;2H,1H3;. The molecule has 0 spiro atoms. The third-order valence-electron chi connectivity index (χ3n) is 2.85. The number of nitrogens with zero attached hydrogens (tertiary/aromatic N) is 2. The van der Waals surface area contributed by atoms with Crippen molar-refractivity contribution in [2.24, 2.45) is 0 Å². The van der Waals surface area contributed by atoms with Crippen molar-refractivity contribution < 1.29 is 38.4 Å². The van der Waals surface area contributed by atoms with Crippen LogP contribution in [0.1, 0.15) is 31.1 Å². The van der Waals surface area contributed by atoms with Gasteiger partial charge >= 0.3 is 17.3 Å². The van der Waals surface area contributed by atoms with Crippen molar-refractivity contribution in [3.8, 4) is 11.8 Å². The molecule has 0 unspecified atom stereocenters. The van der Waals surface area contributed by atoms with Crippen molar-refractivity contribution in [3.05, 3.63) is 52.3 Å². The van der Waals surface area contributed by atoms with Gasteiger partial charge in [0.15, 0.2) is 12.6 Å². The van der Waals surface area contributed by atoms with E-state index < -0.39 is 5.97 Å². The van der Waals surface area contributed by atoms with Crippen molar-refractivity contribution in [1.29, 1.82) is 0 Å². The number of aldehydes is 2. The molecule has 11 heteroatoms. The molecule has 0 saturated carbocycles. The molecule has 0 aliphatic heterocycles. The molecule has 10 nitrogen and oxygen atoms in total. The predicted molar refractivity (Wildman–Crippen MR) is 103 cm³/mol. The first-order chi connectivity index (χ1) is 14.0. The Kier molecular flexibility index (Phi) is 16.5. The zero-order chi connectivity index (χ0) is 22.8. The molecule has 2 rings (SSSR count). The number of rotatable bonds is 5. The Hall–Kier alpha value is -3.11. The van der Waals surface area contributed by atoms with Crippen LogP contribution in [-0.2, 0) is 9.39 Å². The van der Waals surface area contributed by atoms with Crippen molar-refractivity contribution in [2.45, 2.75) is 0 Å². The first-order valence-corrected chi connectivity index (χ1v) is 8.17. The van der Waals surface area contributed by atoms with Gasteiger partial charge in [0, 0.05) is 47.2 Å². The summed E-state index contributed by atoms with van der Waals surface area (Å²) >= 11 is 3.17. The van der Waals surface area contributed by atoms with Gasteiger partial charge in [0.2, 0.25) is 11.8 Å². The number of aliphatic hydroxyl groups is 1. The third kappa shape index (κ3) is 9.58. The minimum atomic E-state index is -0.595. The number of hydrogen-bond acceptors (Lipinski definition) is 9. The van der Waals surface area contributed by atoms with Crippen molar-refractivity contribution in [2.75, 3.05) is 28.4 Å². The van der Waals surface area contributed by atoms with E-state index >= 15 is 0 Å². The number of methoxy groups -OCH3 is 3. The topological polar surface area (TPSA) is 145 Å². The Morgan fingerprint density at radius 3 is 1.86 bits per heavy atom. The molecule has 0 radical (unpaired) electrons. The predicted octanol–water partition coefficient (Wildman–Crippen LogP) is 1.93. The number of esters is 1. The Morgan fingerprint density at radius 2 is 1.45 bits per heavy atom. The SMILES string of the molecule is CO.COC(=O)c1cnc(OC)cc1C=O.COc1cc(C=O)c(Br)cn1.[C-]#[O+]. The normalized spacial score (nSPS) is 8.28. The first-order valence-electron chi connectivity index (χ1n) is 7.38. The van der Waals surface area contributed by atoms with Crippen molar-refractivity contribution >= 4 is 34.5 Å². The molecule has 0 aliphatic rings. The molecule has 29 heavy (non-hydrogen) atoms. The zero-order valence-electron chi connectivity index (χ0n) is 16.0. The van der Waals surface area contributed by atoms with Gasteiger partial charge in [0.25, 0.3) is 0 Å². The van der Waals surface area contributed by atoms with Gasteiger partial charge in [-0.1, -0.05) is 0 Å². The number of carbonyl (C=O) groups is 3. The van der Waals surface area contributed by atoms with Crippen LogP contribution in [-0.4, -0.2) is 62.1 Å². The summed E-state index contributed by atoms with van der Waals surface area (Å²) in [6.45, 7) is 4.50. The Bertz CT molecular complexity index is 812. The van der Waals surface area contributed by atoms with Gasteiger partial charge in [-0.2, -0.15) is 0 Å². The van der Waals surface area contributed by atoms with Gasteiger partial charge in [-0.15, -0.1) is 0 Å². The molecule has 0 fully saturated rings. The van der Waals surface area contributed by atoms with Gasteiger partial charge in [-0.05, 0) is 15.9 Å². The number of aromatic nitrogens is 2. The summed E-state index contributed by atoms with van der Waals surface area (Å²) in [4.78, 5) is 39.8. The molecular weight excluding hydrogens is 452 g/mol. The van der Waals surface area contributed by atoms with E-state index in [1.165, 1.54) is 39.8 Å². The van der Waals surface area contributed by atoms with Crippen molar-refractivity contribution in [3.63, 3.8) is 0 Å². The van der Waals surface area contributed by atoms with E-state index in [2.05, 4.69) is 37.3 Å². The average molecular weight is 471 g/mol. The maximum atomic E-state index is 11.1. The summed E-state index contributed by atoms with van der Waals surface area (Å²) in [5, 5.41) is 7.00. The number of halogens is 1. The van der Waals surface area contributed by atoms with Gasteiger partial charge in [-0.3, -0.25) is 9.59 Å². The van der Waals surface area contributed by atoms with Crippen LogP contribution < -0.4 is 9.47 Å². The van der Waals surface area contributed by atoms with E-state index in [1.807, 2.05) is 0 Å². The van der Waals surface area contributed by atoms with Crippen LogP contribution >= 0.6 is 15.9 Å². The zero-order valence-corrected chi connectivity index (χ0v) is 17.6. The second-order valence-electron chi connectivity index (χ2n) is 4.29. The third-order valence-corrected chi connectivity index (χ3v) is 3.51. The summed E-state index contributed by atoms with van der Waals surface area (Å²) in [5.41, 5.74) is 0.865. The van der Waals surface area contributed by atoms with Crippen molar-refractivity contribution in [1.82, 2.24) is 9.97 Å². The molecule has 0 amide bonds. The Labute approximate surface area is 175 Å². The van der Waals surface area contributed by atoms with Crippen LogP contribution in [0.4, 0.5) is 0 Å². The van der Waals surface area contributed by atoms with Crippen LogP contribution in [0.5, 0.6) is 11.8 Å². The number of pyridine rings is 2. The molecule has 0 aliphatic carbocycles. The van der Waals surface area contributed by atoms with Gasteiger partial charge in [-0.25, -0.2) is 14.8 Å². The van der Waals surface area contributed by atoms with E-state index in [0.29, 0.717) is 22.2 Å². The van der Waals surface area contributed by atoms with E-state index in [-0.39, 0.29) is 17.0 Å². The van der Waals surface area contributed by atoms with Crippen LogP contribution in [0.25, 0.3) is 0 Å². The molecule has 2 heterocycles. The van der Waals surface area contributed by atoms with E-state index in [0.717, 1.165) is 13.4 Å². The molecular formula is C18H19BrN2O8. The second kappa shape index (κ2) is 17.0. The molecule has 2 aromatic rings. The fraction of sp³-hybridized carbons (Fsp3) is 0.222. The quantitative estimate of drug-likeness (QED) is 0.299. The first kappa shape index (κ1) is 28.1.